The van der Waals surface area contributed by atoms with E-state index in [2.05, 4.69) is 258 Å². The van der Waals surface area contributed by atoms with E-state index in [-0.39, 0.29) is 0 Å². The molecule has 12 heteroatoms. The zero-order valence-corrected chi connectivity index (χ0v) is 70.3. The summed E-state index contributed by atoms with van der Waals surface area (Å²) in [6.07, 6.45) is 28.6. The molecule has 0 fully saturated rings. The van der Waals surface area contributed by atoms with Crippen LogP contribution in [0.5, 0.6) is 0 Å². The van der Waals surface area contributed by atoms with Crippen LogP contribution in [0.4, 0.5) is 34.1 Å². The predicted octanol–water partition coefficient (Wildman–Crippen LogP) is 29.0. The van der Waals surface area contributed by atoms with Gasteiger partial charge in [0.05, 0.1) is 0 Å². The summed E-state index contributed by atoms with van der Waals surface area (Å²) < 4.78 is 0. The average Bonchev–Trinajstić information content (AvgIpc) is 0.749. The molecule has 558 valence electrons. The molecule has 0 aliphatic heterocycles. The molecule has 102 heavy (non-hydrogen) atoms. The van der Waals surface area contributed by atoms with Gasteiger partial charge in [-0.1, -0.05) is 231 Å². The van der Waals surface area contributed by atoms with E-state index in [1.54, 1.807) is 0 Å². The molecular formula is C90H132N6S6. The molecule has 0 radical (unpaired) electrons. The summed E-state index contributed by atoms with van der Waals surface area (Å²) in [5.41, 5.74) is 7.95. The Morgan fingerprint density at radius 3 is 0.343 bits per heavy atom. The fraction of sp³-hybridized carbons (Fsp3) is 0.533. The van der Waals surface area contributed by atoms with E-state index in [0.717, 1.165) is 78.5 Å². The van der Waals surface area contributed by atoms with Crippen molar-refractivity contribution in [3.8, 4) is 0 Å². The fourth-order valence-corrected chi connectivity index (χ4v) is 19.9. The van der Waals surface area contributed by atoms with Crippen LogP contribution < -0.4 is 29.4 Å². The number of benzene rings is 7. The molecule has 0 heterocycles. The summed E-state index contributed by atoms with van der Waals surface area (Å²) in [6.45, 7) is 40.9. The molecule has 0 amide bonds. The van der Waals surface area contributed by atoms with Crippen LogP contribution in [0.25, 0.3) is 0 Å². The number of anilines is 6. The second-order valence-corrected chi connectivity index (χ2v) is 34.2. The molecular weight excluding hydrogens is 1360 g/mol. The van der Waals surface area contributed by atoms with Gasteiger partial charge in [-0.15, -0.1) is 0 Å². The highest BCUT2D eigenvalue weighted by molar-refractivity contribution is 8.07. The van der Waals surface area contributed by atoms with Crippen LogP contribution in [0.1, 0.15) is 237 Å². The Balaban J connectivity index is 1.60. The molecule has 0 spiro atoms. The van der Waals surface area contributed by atoms with E-state index < -0.39 is 0 Å². The Morgan fingerprint density at radius 1 is 0.157 bits per heavy atom. The maximum Gasteiger partial charge on any atom is 0.0425 e. The van der Waals surface area contributed by atoms with Crippen molar-refractivity contribution in [3.63, 3.8) is 0 Å². The minimum absolute atomic E-state index is 1.08. The van der Waals surface area contributed by atoms with Crippen molar-refractivity contribution in [2.45, 2.75) is 296 Å². The third-order valence-electron chi connectivity index (χ3n) is 19.1. The van der Waals surface area contributed by atoms with Gasteiger partial charge in [-0.2, -0.15) is 0 Å². The summed E-state index contributed by atoms with van der Waals surface area (Å²) >= 11 is 11.9. The van der Waals surface area contributed by atoms with Gasteiger partial charge in [0.2, 0.25) is 0 Å². The van der Waals surface area contributed by atoms with Crippen molar-refractivity contribution in [2.24, 2.45) is 0 Å². The van der Waals surface area contributed by atoms with Crippen molar-refractivity contribution in [1.29, 1.82) is 0 Å². The molecule has 0 unspecified atom stereocenters. The zero-order chi connectivity index (χ0) is 72.5. The number of hydrogen-bond acceptors (Lipinski definition) is 12. The van der Waals surface area contributed by atoms with Crippen LogP contribution in [-0.2, 0) is 0 Å². The van der Waals surface area contributed by atoms with Gasteiger partial charge < -0.3 is 29.4 Å². The largest absolute Gasteiger partial charge is 0.372 e. The van der Waals surface area contributed by atoms with Gasteiger partial charge in [0.25, 0.3) is 0 Å². The molecule has 7 aromatic carbocycles. The van der Waals surface area contributed by atoms with Gasteiger partial charge >= 0.3 is 0 Å². The molecule has 0 aliphatic carbocycles. The molecule has 0 aliphatic rings. The van der Waals surface area contributed by atoms with E-state index in [1.165, 1.54) is 247 Å². The van der Waals surface area contributed by atoms with Gasteiger partial charge in [0.1, 0.15) is 0 Å². The Bertz CT molecular complexity index is 2700. The molecule has 0 bridgehead atoms. The summed E-state index contributed by atoms with van der Waals surface area (Å²) in [5, 5.41) is 0. The Kier molecular flexibility index (Phi) is 41.0. The highest BCUT2D eigenvalue weighted by atomic mass is 32.2. The van der Waals surface area contributed by atoms with Gasteiger partial charge in [-0.3, -0.25) is 0 Å². The fourth-order valence-electron chi connectivity index (χ4n) is 12.6. The quantitative estimate of drug-likeness (QED) is 0.0362. The number of nitrogens with zero attached hydrogens (tertiary/aromatic N) is 6. The van der Waals surface area contributed by atoms with Crippen LogP contribution in [0.2, 0.25) is 0 Å². The zero-order valence-electron chi connectivity index (χ0n) is 65.4. The lowest BCUT2D eigenvalue weighted by Gasteiger charge is -2.28. The summed E-state index contributed by atoms with van der Waals surface area (Å²) in [4.78, 5) is 31.3. The maximum absolute atomic E-state index is 2.64. The molecule has 0 N–H and O–H groups in total. The van der Waals surface area contributed by atoms with Crippen molar-refractivity contribution in [2.75, 3.05) is 108 Å². The Morgan fingerprint density at radius 2 is 0.255 bits per heavy atom. The standard InChI is InChI=1S/C90H132N6S6/c1-13-25-61-91(62-26-14-2)73-37-49-79(50-38-73)97-85-86(98-80-51-39-74(40-52-80)92(63-27-15-3)64-28-16-4)88(100-82-55-43-76(44-56-82)94(67-31-19-7)68-32-20-8)90(102-84-59-47-78(48-60-84)96(71-35-23-11)72-36-24-12)89(101-83-57-45-77(46-58-83)95(69-33-21-9)70-34-22-10)87(85)99-81-53-41-75(42-54-81)93(65-29-17-5)66-30-18-6/h37-60H,13-36,61-72H2,1-12H3. The molecule has 0 atom stereocenters. The second-order valence-electron chi connectivity index (χ2n) is 27.7. The van der Waals surface area contributed by atoms with Gasteiger partial charge in [-0.25, -0.2) is 0 Å². The first kappa shape index (κ1) is 84.7. The summed E-state index contributed by atoms with van der Waals surface area (Å²) in [7, 11) is 0. The van der Waals surface area contributed by atoms with E-state index >= 15 is 0 Å². The highest BCUT2D eigenvalue weighted by Gasteiger charge is 2.30. The van der Waals surface area contributed by atoms with Crippen LogP contribution in [-0.4, -0.2) is 78.5 Å². The monoisotopic (exact) mass is 1490 g/mol. The van der Waals surface area contributed by atoms with E-state index in [4.69, 9.17) is 0 Å². The first-order valence-electron chi connectivity index (χ1n) is 40.5. The SMILES string of the molecule is CCCCN(CCCC)c1ccc(Sc2c(Sc3ccc(N(CCCC)CCCC)cc3)c(Sc3ccc(N(CCCC)CCCC)cc3)c(Sc3ccc(N(CCCC)CCCC)cc3)c(Sc3ccc(N(CCCC)CCCC)cc3)c2Sc2ccc(N(CCCC)CCCC)cc2)cc1. The highest BCUT2D eigenvalue weighted by Crippen LogP contribution is 2.60. The van der Waals surface area contributed by atoms with E-state index in [1.807, 2.05) is 70.6 Å². The minimum Gasteiger partial charge on any atom is -0.372 e. The van der Waals surface area contributed by atoms with Crippen molar-refractivity contribution < 1.29 is 0 Å². The van der Waals surface area contributed by atoms with Crippen LogP contribution in [0.3, 0.4) is 0 Å². The molecule has 0 aromatic heterocycles. The van der Waals surface area contributed by atoms with Gasteiger partial charge in [0, 0.05) is 171 Å². The normalized spacial score (nSPS) is 11.4. The first-order chi connectivity index (χ1) is 50.1. The number of hydrogen-bond donors (Lipinski definition) is 0. The third kappa shape index (κ3) is 27.7. The van der Waals surface area contributed by atoms with Crippen molar-refractivity contribution in [3.05, 3.63) is 146 Å². The van der Waals surface area contributed by atoms with Gasteiger partial charge in [-0.05, 0) is 223 Å². The smallest absolute Gasteiger partial charge is 0.0425 e. The predicted molar refractivity (Wildman–Crippen MR) is 462 cm³/mol. The molecule has 7 aromatic rings. The lowest BCUT2D eigenvalue weighted by molar-refractivity contribution is 0.678. The van der Waals surface area contributed by atoms with E-state index in [9.17, 15) is 0 Å². The van der Waals surface area contributed by atoms with Crippen LogP contribution in [0.15, 0.2) is 204 Å². The van der Waals surface area contributed by atoms with Crippen molar-refractivity contribution >= 4 is 105 Å². The average molecular weight is 1490 g/mol. The molecule has 7 rings (SSSR count). The number of unbranched alkanes of at least 4 members (excludes halogenated alkanes) is 12. The maximum atomic E-state index is 2.64. The first-order valence-corrected chi connectivity index (χ1v) is 45.4. The Hall–Kier alpha value is -4.56. The van der Waals surface area contributed by atoms with Crippen LogP contribution >= 0.6 is 70.6 Å². The summed E-state index contributed by atoms with van der Waals surface area (Å²) in [6, 6.07) is 58.5. The lowest BCUT2D eigenvalue weighted by Crippen LogP contribution is -2.25. The molecule has 0 saturated heterocycles. The third-order valence-corrected chi connectivity index (χ3v) is 26.6. The topological polar surface area (TPSA) is 19.4 Å². The number of rotatable bonds is 54. The molecule has 6 nitrogen and oxygen atoms in total. The van der Waals surface area contributed by atoms with E-state index in [0.29, 0.717) is 0 Å². The van der Waals surface area contributed by atoms with Crippen LogP contribution in [0, 0.1) is 0 Å². The minimum atomic E-state index is 1.08. The second kappa shape index (κ2) is 49.3. The summed E-state index contributed by atoms with van der Waals surface area (Å²) in [5.74, 6) is 0. The van der Waals surface area contributed by atoms with Crippen molar-refractivity contribution in [1.82, 2.24) is 0 Å². The Labute approximate surface area is 649 Å². The molecule has 0 saturated carbocycles. The van der Waals surface area contributed by atoms with Gasteiger partial charge in [0.15, 0.2) is 0 Å². The lowest BCUT2D eigenvalue weighted by atomic mass is 10.2.